The predicted octanol–water partition coefficient (Wildman–Crippen LogP) is 1.47. The molecule has 1 rings (SSSR count). The van der Waals surface area contributed by atoms with E-state index < -0.39 is 0 Å². The smallest absolute Gasteiger partial charge is 0.324 e. The van der Waals surface area contributed by atoms with Gasteiger partial charge in [0.2, 0.25) is 0 Å². The van der Waals surface area contributed by atoms with Gasteiger partial charge in [0.25, 0.3) is 0 Å². The number of nitrogens with zero attached hydrogens (tertiary/aromatic N) is 1. The second kappa shape index (κ2) is 5.86. The van der Waals surface area contributed by atoms with Crippen LogP contribution in [0.4, 0.5) is 4.79 Å². The molecule has 2 amide bonds. The molecule has 0 radical (unpaired) electrons. The Kier molecular flexibility index (Phi) is 4.73. The highest BCUT2D eigenvalue weighted by molar-refractivity contribution is 5.73. The second-order valence-electron chi connectivity index (χ2n) is 4.02. The lowest BCUT2D eigenvalue weighted by molar-refractivity contribution is 0.199. The van der Waals surface area contributed by atoms with Gasteiger partial charge in [0.15, 0.2) is 0 Å². The molecule has 1 aliphatic heterocycles. The number of urea groups is 1. The summed E-state index contributed by atoms with van der Waals surface area (Å²) in [5.74, 6) is 5.91. The molecule has 1 fully saturated rings. The number of hydrogen-bond donors (Lipinski definition) is 2. The molecular formula is C10H21N3O. The first-order valence-electron chi connectivity index (χ1n) is 5.53. The van der Waals surface area contributed by atoms with E-state index in [2.05, 4.69) is 12.3 Å². The van der Waals surface area contributed by atoms with E-state index in [4.69, 9.17) is 5.84 Å². The number of nitrogens with one attached hydrogen (secondary N) is 1. The molecule has 0 bridgehead atoms. The quantitative estimate of drug-likeness (QED) is 0.402. The van der Waals surface area contributed by atoms with Crippen molar-refractivity contribution in [2.75, 3.05) is 13.1 Å². The van der Waals surface area contributed by atoms with Crippen molar-refractivity contribution in [3.63, 3.8) is 0 Å². The molecule has 1 atom stereocenters. The van der Waals surface area contributed by atoms with Gasteiger partial charge < -0.3 is 4.90 Å². The third-order valence-corrected chi connectivity index (χ3v) is 2.96. The summed E-state index contributed by atoms with van der Waals surface area (Å²) in [7, 11) is 0. The van der Waals surface area contributed by atoms with Crippen molar-refractivity contribution in [3.8, 4) is 0 Å². The summed E-state index contributed by atoms with van der Waals surface area (Å²) in [6.07, 6.45) is 6.02. The molecule has 0 saturated carbocycles. The minimum Gasteiger partial charge on any atom is -0.324 e. The highest BCUT2D eigenvalue weighted by Crippen LogP contribution is 2.21. The summed E-state index contributed by atoms with van der Waals surface area (Å²) in [5.41, 5.74) is 2.20. The highest BCUT2D eigenvalue weighted by Gasteiger charge is 2.19. The number of amides is 2. The van der Waals surface area contributed by atoms with Gasteiger partial charge in [-0.05, 0) is 25.2 Å². The fourth-order valence-electron chi connectivity index (χ4n) is 2.16. The van der Waals surface area contributed by atoms with Gasteiger partial charge in [-0.25, -0.2) is 10.6 Å². The van der Waals surface area contributed by atoms with Gasteiger partial charge in [0.1, 0.15) is 0 Å². The Morgan fingerprint density at radius 3 is 2.93 bits per heavy atom. The van der Waals surface area contributed by atoms with Gasteiger partial charge in [-0.1, -0.05) is 19.8 Å². The first kappa shape index (κ1) is 11.3. The Labute approximate surface area is 85.8 Å². The second-order valence-corrected chi connectivity index (χ2v) is 4.02. The summed E-state index contributed by atoms with van der Waals surface area (Å²) < 4.78 is 0. The Bertz CT molecular complexity index is 184. The zero-order chi connectivity index (χ0) is 10.4. The number of nitrogens with two attached hydrogens (primary N) is 1. The van der Waals surface area contributed by atoms with Crippen molar-refractivity contribution in [2.45, 2.75) is 39.0 Å². The lowest BCUT2D eigenvalue weighted by atomic mass is 9.96. The standard InChI is InChI=1S/C10H21N3O/c1-2-4-9-5-3-7-13(8-6-9)10(14)12-11/h9H,2-8,11H2,1H3,(H,12,14). The molecule has 1 aliphatic rings. The number of carbonyl (C=O) groups excluding carboxylic acids is 1. The summed E-state index contributed by atoms with van der Waals surface area (Å²) in [4.78, 5) is 13.1. The molecule has 1 heterocycles. The Morgan fingerprint density at radius 1 is 1.50 bits per heavy atom. The highest BCUT2D eigenvalue weighted by atomic mass is 16.2. The van der Waals surface area contributed by atoms with Gasteiger partial charge in [-0.3, -0.25) is 5.43 Å². The van der Waals surface area contributed by atoms with Crippen molar-refractivity contribution in [3.05, 3.63) is 0 Å². The van der Waals surface area contributed by atoms with E-state index in [1.807, 2.05) is 4.90 Å². The van der Waals surface area contributed by atoms with Crippen molar-refractivity contribution in [1.82, 2.24) is 10.3 Å². The number of hydrogen-bond acceptors (Lipinski definition) is 2. The topological polar surface area (TPSA) is 58.4 Å². The van der Waals surface area contributed by atoms with Gasteiger partial charge >= 0.3 is 6.03 Å². The zero-order valence-corrected chi connectivity index (χ0v) is 8.96. The SMILES string of the molecule is CCCC1CCCN(C(=O)NN)CC1. The Hall–Kier alpha value is -0.770. The van der Waals surface area contributed by atoms with Crippen LogP contribution in [0, 0.1) is 5.92 Å². The molecule has 0 aliphatic carbocycles. The average Bonchev–Trinajstić information content (AvgIpc) is 2.43. The maximum Gasteiger partial charge on any atom is 0.331 e. The van der Waals surface area contributed by atoms with Crippen LogP contribution in [-0.4, -0.2) is 24.0 Å². The fraction of sp³-hybridized carbons (Fsp3) is 0.900. The van der Waals surface area contributed by atoms with Gasteiger partial charge in [-0.2, -0.15) is 0 Å². The van der Waals surface area contributed by atoms with Crippen LogP contribution in [0.15, 0.2) is 0 Å². The molecule has 4 nitrogen and oxygen atoms in total. The summed E-state index contributed by atoms with van der Waals surface area (Å²) in [5, 5.41) is 0. The van der Waals surface area contributed by atoms with Crippen LogP contribution >= 0.6 is 0 Å². The van der Waals surface area contributed by atoms with E-state index >= 15 is 0 Å². The number of hydrazine groups is 1. The van der Waals surface area contributed by atoms with E-state index in [0.29, 0.717) is 0 Å². The molecule has 0 spiro atoms. The van der Waals surface area contributed by atoms with Crippen LogP contribution in [0.3, 0.4) is 0 Å². The molecule has 0 aromatic heterocycles. The average molecular weight is 199 g/mol. The van der Waals surface area contributed by atoms with Crippen LogP contribution in [0.25, 0.3) is 0 Å². The molecule has 4 heteroatoms. The van der Waals surface area contributed by atoms with Crippen molar-refractivity contribution in [2.24, 2.45) is 11.8 Å². The largest absolute Gasteiger partial charge is 0.331 e. The van der Waals surface area contributed by atoms with Crippen LogP contribution < -0.4 is 11.3 Å². The van der Waals surface area contributed by atoms with E-state index in [0.717, 1.165) is 31.8 Å². The molecule has 0 aromatic carbocycles. The molecule has 3 N–H and O–H groups in total. The Morgan fingerprint density at radius 2 is 2.29 bits per heavy atom. The Balaban J connectivity index is 2.36. The maximum atomic E-state index is 11.3. The third-order valence-electron chi connectivity index (χ3n) is 2.96. The van der Waals surface area contributed by atoms with E-state index in [9.17, 15) is 4.79 Å². The summed E-state index contributed by atoms with van der Waals surface area (Å²) in [6.45, 7) is 3.92. The third kappa shape index (κ3) is 3.18. The monoisotopic (exact) mass is 199 g/mol. The zero-order valence-electron chi connectivity index (χ0n) is 8.96. The molecule has 1 unspecified atom stereocenters. The molecule has 14 heavy (non-hydrogen) atoms. The van der Waals surface area contributed by atoms with E-state index in [1.54, 1.807) is 0 Å². The van der Waals surface area contributed by atoms with E-state index in [1.165, 1.54) is 19.3 Å². The predicted molar refractivity (Wildman–Crippen MR) is 56.5 cm³/mol. The lowest BCUT2D eigenvalue weighted by Crippen LogP contribution is -2.43. The van der Waals surface area contributed by atoms with E-state index in [-0.39, 0.29) is 6.03 Å². The van der Waals surface area contributed by atoms with Crippen LogP contribution in [0.5, 0.6) is 0 Å². The molecular weight excluding hydrogens is 178 g/mol. The van der Waals surface area contributed by atoms with Crippen molar-refractivity contribution >= 4 is 6.03 Å². The van der Waals surface area contributed by atoms with Crippen LogP contribution in [0.1, 0.15) is 39.0 Å². The summed E-state index contributed by atoms with van der Waals surface area (Å²) in [6, 6.07) is -0.137. The minimum absolute atomic E-state index is 0.137. The van der Waals surface area contributed by atoms with Crippen molar-refractivity contribution < 1.29 is 4.79 Å². The molecule has 1 saturated heterocycles. The van der Waals surface area contributed by atoms with Gasteiger partial charge in [0.05, 0.1) is 0 Å². The number of rotatable bonds is 2. The normalized spacial score (nSPS) is 23.0. The van der Waals surface area contributed by atoms with Crippen LogP contribution in [0.2, 0.25) is 0 Å². The van der Waals surface area contributed by atoms with Gasteiger partial charge in [-0.15, -0.1) is 0 Å². The maximum absolute atomic E-state index is 11.3. The van der Waals surface area contributed by atoms with Gasteiger partial charge in [0, 0.05) is 13.1 Å². The van der Waals surface area contributed by atoms with Crippen molar-refractivity contribution in [1.29, 1.82) is 0 Å². The number of carbonyl (C=O) groups is 1. The molecule has 0 aromatic rings. The number of likely N-dealkylation sites (tertiary alicyclic amines) is 1. The summed E-state index contributed by atoms with van der Waals surface area (Å²) >= 11 is 0. The lowest BCUT2D eigenvalue weighted by Gasteiger charge is -2.19. The van der Waals surface area contributed by atoms with Crippen LogP contribution in [-0.2, 0) is 0 Å². The first-order valence-corrected chi connectivity index (χ1v) is 5.53. The minimum atomic E-state index is -0.137. The molecule has 82 valence electrons. The fourth-order valence-corrected chi connectivity index (χ4v) is 2.16. The first-order chi connectivity index (χ1) is 6.77.